The second kappa shape index (κ2) is 9.46. The molecule has 0 aromatic heterocycles. The molecule has 5 heteroatoms. The highest BCUT2D eigenvalue weighted by molar-refractivity contribution is 5.79. The lowest BCUT2D eigenvalue weighted by molar-refractivity contribution is 0.143. The van der Waals surface area contributed by atoms with E-state index in [1.165, 1.54) is 22.3 Å². The predicted molar refractivity (Wildman–Crippen MR) is 116 cm³/mol. The molecule has 5 nitrogen and oxygen atoms in total. The van der Waals surface area contributed by atoms with Crippen molar-refractivity contribution in [2.45, 2.75) is 12.3 Å². The number of hydrogen-bond donors (Lipinski definition) is 2. The minimum absolute atomic E-state index is 0.0354. The van der Waals surface area contributed by atoms with Crippen molar-refractivity contribution in [2.75, 3.05) is 26.4 Å². The maximum atomic E-state index is 12.3. The Morgan fingerprint density at radius 1 is 0.900 bits per heavy atom. The Labute approximate surface area is 176 Å². The molecule has 0 heterocycles. The predicted octanol–water partition coefficient (Wildman–Crippen LogP) is 4.14. The van der Waals surface area contributed by atoms with Crippen LogP contribution in [-0.4, -0.2) is 37.6 Å². The Morgan fingerprint density at radius 3 is 2.23 bits per heavy atom. The van der Waals surface area contributed by atoms with Crippen LogP contribution in [0.2, 0.25) is 0 Å². The largest absolute Gasteiger partial charge is 0.491 e. The maximum Gasteiger partial charge on any atom is 0.407 e. The number of carbonyl (C=O) groups excluding carboxylic acids is 1. The molecule has 0 atom stereocenters. The lowest BCUT2D eigenvalue weighted by atomic mass is 9.98. The zero-order valence-corrected chi connectivity index (χ0v) is 16.7. The third-order valence-corrected chi connectivity index (χ3v) is 5.33. The summed E-state index contributed by atoms with van der Waals surface area (Å²) < 4.78 is 11.1. The minimum Gasteiger partial charge on any atom is -0.491 e. The SMILES string of the molecule is O=C(NCCc1ccccc1OCCO)OCC1c2ccccc2-c2ccccc21. The van der Waals surface area contributed by atoms with Crippen LogP contribution in [0.1, 0.15) is 22.6 Å². The van der Waals surface area contributed by atoms with Crippen LogP contribution in [-0.2, 0) is 11.2 Å². The first kappa shape index (κ1) is 20.0. The number of rotatable bonds is 8. The van der Waals surface area contributed by atoms with E-state index in [9.17, 15) is 4.79 Å². The first-order valence-electron chi connectivity index (χ1n) is 10.2. The van der Waals surface area contributed by atoms with Gasteiger partial charge in [-0.25, -0.2) is 4.79 Å². The number of aliphatic hydroxyl groups is 1. The molecule has 0 spiro atoms. The number of hydrogen-bond acceptors (Lipinski definition) is 4. The van der Waals surface area contributed by atoms with Gasteiger partial charge < -0.3 is 19.9 Å². The van der Waals surface area contributed by atoms with Gasteiger partial charge in [0.25, 0.3) is 0 Å². The van der Waals surface area contributed by atoms with E-state index in [0.717, 1.165) is 11.3 Å². The highest BCUT2D eigenvalue weighted by Crippen LogP contribution is 2.44. The van der Waals surface area contributed by atoms with Crippen LogP contribution in [0, 0.1) is 0 Å². The van der Waals surface area contributed by atoms with Crippen LogP contribution in [0.25, 0.3) is 11.1 Å². The first-order valence-corrected chi connectivity index (χ1v) is 10.2. The summed E-state index contributed by atoms with van der Waals surface area (Å²) in [5, 5.41) is 11.8. The Morgan fingerprint density at radius 2 is 1.53 bits per heavy atom. The quantitative estimate of drug-likeness (QED) is 0.593. The molecule has 3 aromatic rings. The molecule has 0 saturated heterocycles. The lowest BCUT2D eigenvalue weighted by Gasteiger charge is -2.15. The molecule has 1 aliphatic carbocycles. The van der Waals surface area contributed by atoms with Gasteiger partial charge in [-0.1, -0.05) is 66.7 Å². The van der Waals surface area contributed by atoms with Gasteiger partial charge in [-0.2, -0.15) is 0 Å². The number of para-hydroxylation sites is 1. The van der Waals surface area contributed by atoms with Gasteiger partial charge in [-0.15, -0.1) is 0 Å². The zero-order chi connectivity index (χ0) is 20.8. The fourth-order valence-corrected chi connectivity index (χ4v) is 3.96. The molecule has 0 radical (unpaired) electrons. The third kappa shape index (κ3) is 4.31. The van der Waals surface area contributed by atoms with Gasteiger partial charge in [0.2, 0.25) is 0 Å². The number of benzene rings is 3. The molecule has 2 N–H and O–H groups in total. The Kier molecular flexibility index (Phi) is 6.30. The number of nitrogens with one attached hydrogen (secondary N) is 1. The van der Waals surface area contributed by atoms with E-state index in [-0.39, 0.29) is 19.1 Å². The van der Waals surface area contributed by atoms with Crippen LogP contribution >= 0.6 is 0 Å². The Balaban J connectivity index is 1.32. The van der Waals surface area contributed by atoms with E-state index in [2.05, 4.69) is 29.6 Å². The number of ether oxygens (including phenoxy) is 2. The normalized spacial score (nSPS) is 12.2. The van der Waals surface area contributed by atoms with Gasteiger partial charge in [0, 0.05) is 12.5 Å². The van der Waals surface area contributed by atoms with Gasteiger partial charge in [0.15, 0.2) is 0 Å². The van der Waals surface area contributed by atoms with Crippen LogP contribution in [0.4, 0.5) is 4.79 Å². The number of alkyl carbamates (subject to hydrolysis) is 1. The summed E-state index contributed by atoms with van der Waals surface area (Å²) in [4.78, 5) is 12.3. The average molecular weight is 403 g/mol. The van der Waals surface area contributed by atoms with Gasteiger partial charge >= 0.3 is 6.09 Å². The fourth-order valence-electron chi connectivity index (χ4n) is 3.96. The molecule has 30 heavy (non-hydrogen) atoms. The average Bonchev–Trinajstić information content (AvgIpc) is 3.11. The standard InChI is InChI=1S/C25H25NO4/c27-15-16-29-24-12-6-1-7-18(24)13-14-26-25(28)30-17-23-21-10-4-2-8-19(21)20-9-3-5-11-22(20)23/h1-12,23,27H,13-17H2,(H,26,28). The van der Waals surface area contributed by atoms with E-state index in [0.29, 0.717) is 19.6 Å². The highest BCUT2D eigenvalue weighted by Gasteiger charge is 2.28. The molecule has 3 aromatic carbocycles. The minimum atomic E-state index is -0.425. The number of amides is 1. The molecule has 0 unspecified atom stereocenters. The molecule has 0 bridgehead atoms. The molecule has 1 amide bonds. The zero-order valence-electron chi connectivity index (χ0n) is 16.7. The molecule has 1 aliphatic rings. The smallest absolute Gasteiger partial charge is 0.407 e. The summed E-state index contributed by atoms with van der Waals surface area (Å²) in [6, 6.07) is 24.2. The van der Waals surface area contributed by atoms with Gasteiger partial charge in [0.05, 0.1) is 6.61 Å². The van der Waals surface area contributed by atoms with E-state index in [4.69, 9.17) is 14.6 Å². The summed E-state index contributed by atoms with van der Waals surface area (Å²) >= 11 is 0. The second-order valence-electron chi connectivity index (χ2n) is 7.18. The lowest BCUT2D eigenvalue weighted by Crippen LogP contribution is -2.28. The molecule has 4 rings (SSSR count). The molecule has 0 fully saturated rings. The van der Waals surface area contributed by atoms with E-state index >= 15 is 0 Å². The van der Waals surface area contributed by atoms with Crippen LogP contribution in [0.3, 0.4) is 0 Å². The van der Waals surface area contributed by atoms with Crippen LogP contribution in [0.15, 0.2) is 72.8 Å². The highest BCUT2D eigenvalue weighted by atomic mass is 16.5. The van der Waals surface area contributed by atoms with E-state index in [1.54, 1.807) is 0 Å². The number of fused-ring (bicyclic) bond motifs is 3. The van der Waals surface area contributed by atoms with E-state index < -0.39 is 6.09 Å². The van der Waals surface area contributed by atoms with Crippen molar-refractivity contribution in [3.8, 4) is 16.9 Å². The summed E-state index contributed by atoms with van der Waals surface area (Å²) in [6.45, 7) is 0.954. The maximum absolute atomic E-state index is 12.3. The number of aliphatic hydroxyl groups excluding tert-OH is 1. The number of carbonyl (C=O) groups is 1. The monoisotopic (exact) mass is 403 g/mol. The first-order chi connectivity index (χ1) is 14.8. The molecular formula is C25H25NO4. The summed E-state index contributed by atoms with van der Waals surface area (Å²) in [6.07, 6.45) is 0.192. The third-order valence-electron chi connectivity index (χ3n) is 5.33. The van der Waals surface area contributed by atoms with E-state index in [1.807, 2.05) is 48.5 Å². The summed E-state index contributed by atoms with van der Waals surface area (Å²) in [7, 11) is 0. The van der Waals surface area contributed by atoms with Crippen molar-refractivity contribution in [1.82, 2.24) is 5.32 Å². The van der Waals surface area contributed by atoms with Gasteiger partial charge in [-0.05, 0) is 40.3 Å². The van der Waals surface area contributed by atoms with Crippen molar-refractivity contribution in [3.63, 3.8) is 0 Å². The van der Waals surface area contributed by atoms with Crippen molar-refractivity contribution in [1.29, 1.82) is 0 Å². The van der Waals surface area contributed by atoms with Crippen molar-refractivity contribution in [3.05, 3.63) is 89.5 Å². The van der Waals surface area contributed by atoms with Crippen molar-refractivity contribution >= 4 is 6.09 Å². The molecule has 154 valence electrons. The Hall–Kier alpha value is -3.31. The molecule has 0 aliphatic heterocycles. The second-order valence-corrected chi connectivity index (χ2v) is 7.18. The van der Waals surface area contributed by atoms with Crippen LogP contribution < -0.4 is 10.1 Å². The van der Waals surface area contributed by atoms with Gasteiger partial charge in [0.1, 0.15) is 19.0 Å². The fraction of sp³-hybridized carbons (Fsp3) is 0.240. The van der Waals surface area contributed by atoms with Crippen molar-refractivity contribution in [2.24, 2.45) is 0 Å². The Bertz CT molecular complexity index is 972. The van der Waals surface area contributed by atoms with Crippen molar-refractivity contribution < 1.29 is 19.4 Å². The summed E-state index contributed by atoms with van der Waals surface area (Å²) in [5.41, 5.74) is 5.79. The molecular weight excluding hydrogens is 378 g/mol. The molecule has 0 saturated carbocycles. The van der Waals surface area contributed by atoms with Gasteiger partial charge in [-0.3, -0.25) is 0 Å². The topological polar surface area (TPSA) is 67.8 Å². The van der Waals surface area contributed by atoms with Crippen LogP contribution in [0.5, 0.6) is 5.75 Å². The summed E-state index contributed by atoms with van der Waals surface area (Å²) in [5.74, 6) is 0.775.